The van der Waals surface area contributed by atoms with Crippen molar-refractivity contribution in [3.8, 4) is 11.4 Å². The molecule has 0 aliphatic rings. The predicted molar refractivity (Wildman–Crippen MR) is 70.9 cm³/mol. The fourth-order valence-electron chi connectivity index (χ4n) is 1.78. The van der Waals surface area contributed by atoms with Crippen molar-refractivity contribution in [3.63, 3.8) is 0 Å². The lowest BCUT2D eigenvalue weighted by molar-refractivity contribution is -0.384. The van der Waals surface area contributed by atoms with E-state index in [1.807, 2.05) is 0 Å². The summed E-state index contributed by atoms with van der Waals surface area (Å²) in [6.45, 7) is 1.69. The summed E-state index contributed by atoms with van der Waals surface area (Å²) in [6.07, 6.45) is 0. The summed E-state index contributed by atoms with van der Waals surface area (Å²) in [5.74, 6) is 0.177. The summed E-state index contributed by atoms with van der Waals surface area (Å²) in [5.41, 5.74) is 0.920. The molecular weight excluding hydrogens is 308 g/mol. The second-order valence-electron chi connectivity index (χ2n) is 4.12. The Bertz CT molecular complexity index is 800. The van der Waals surface area contributed by atoms with Crippen molar-refractivity contribution in [2.45, 2.75) is 12.1 Å². The van der Waals surface area contributed by atoms with Crippen molar-refractivity contribution in [2.24, 2.45) is 7.05 Å². The highest BCUT2D eigenvalue weighted by Crippen LogP contribution is 2.26. The Kier molecular flexibility index (Phi) is 3.48. The Morgan fingerprint density at radius 2 is 1.95 bits per heavy atom. The molecule has 0 unspecified atom stereocenters. The number of aromatic nitrogens is 3. The van der Waals surface area contributed by atoms with Gasteiger partial charge < -0.3 is 0 Å². The average molecular weight is 317 g/mol. The van der Waals surface area contributed by atoms with Gasteiger partial charge in [-0.3, -0.25) is 14.7 Å². The first-order chi connectivity index (χ1) is 9.20. The molecule has 1 aromatic heterocycles. The zero-order valence-electron chi connectivity index (χ0n) is 10.4. The van der Waals surface area contributed by atoms with Gasteiger partial charge >= 0.3 is 0 Å². The minimum absolute atomic E-state index is 0.113. The van der Waals surface area contributed by atoms with Crippen molar-refractivity contribution in [3.05, 3.63) is 33.9 Å². The van der Waals surface area contributed by atoms with Crippen molar-refractivity contribution in [1.29, 1.82) is 0 Å². The maximum atomic E-state index is 11.3. The minimum atomic E-state index is -4.03. The van der Waals surface area contributed by atoms with Crippen LogP contribution in [0.4, 0.5) is 5.69 Å². The van der Waals surface area contributed by atoms with Gasteiger partial charge in [0, 0.05) is 35.4 Å². The van der Waals surface area contributed by atoms with Crippen LogP contribution >= 0.6 is 10.7 Å². The molecule has 0 aliphatic carbocycles. The highest BCUT2D eigenvalue weighted by Gasteiger charge is 2.22. The van der Waals surface area contributed by atoms with Gasteiger partial charge in [0.05, 0.1) is 4.92 Å². The molecule has 0 amide bonds. The average Bonchev–Trinajstić information content (AvgIpc) is 2.69. The van der Waals surface area contributed by atoms with E-state index < -0.39 is 19.1 Å². The molecule has 2 aromatic rings. The van der Waals surface area contributed by atoms with Crippen LogP contribution in [0.15, 0.2) is 23.4 Å². The van der Waals surface area contributed by atoms with Gasteiger partial charge in [-0.15, -0.1) is 10.2 Å². The molecule has 0 saturated heterocycles. The van der Waals surface area contributed by atoms with Crippen LogP contribution in [-0.2, 0) is 16.1 Å². The maximum absolute atomic E-state index is 11.3. The van der Waals surface area contributed by atoms with Crippen LogP contribution in [0.1, 0.15) is 5.56 Å². The van der Waals surface area contributed by atoms with E-state index in [4.69, 9.17) is 10.7 Å². The smallest absolute Gasteiger partial charge is 0.296 e. The molecule has 0 atom stereocenters. The first-order valence-corrected chi connectivity index (χ1v) is 7.61. The van der Waals surface area contributed by atoms with Crippen LogP contribution in [0.5, 0.6) is 0 Å². The normalized spacial score (nSPS) is 11.6. The third-order valence-electron chi connectivity index (χ3n) is 2.58. The standard InChI is InChI=1S/C10H9ClN4O4S/c1-6-3-7(5-8(4-6)15(16)17)9-12-13-10(14(9)2)20(11,18)19/h3-5H,1-2H3. The molecule has 2 rings (SSSR count). The molecule has 0 saturated carbocycles. The van der Waals surface area contributed by atoms with Gasteiger partial charge in [0.1, 0.15) is 0 Å². The molecule has 0 radical (unpaired) electrons. The van der Waals surface area contributed by atoms with E-state index in [1.165, 1.54) is 23.7 Å². The van der Waals surface area contributed by atoms with E-state index in [2.05, 4.69) is 10.2 Å². The number of benzene rings is 1. The third kappa shape index (κ3) is 2.63. The van der Waals surface area contributed by atoms with Crippen LogP contribution in [0.2, 0.25) is 0 Å². The van der Waals surface area contributed by atoms with Crippen molar-refractivity contribution in [2.75, 3.05) is 0 Å². The number of nitro benzene ring substituents is 1. The molecule has 0 aliphatic heterocycles. The van der Waals surface area contributed by atoms with Crippen molar-refractivity contribution in [1.82, 2.24) is 14.8 Å². The first kappa shape index (κ1) is 14.4. The largest absolute Gasteiger partial charge is 0.300 e. The lowest BCUT2D eigenvalue weighted by Crippen LogP contribution is -2.03. The number of hydrogen-bond donors (Lipinski definition) is 0. The van der Waals surface area contributed by atoms with Crippen LogP contribution in [0.3, 0.4) is 0 Å². The Morgan fingerprint density at radius 1 is 1.30 bits per heavy atom. The SMILES string of the molecule is Cc1cc(-c2nnc(S(=O)(=O)Cl)n2C)cc([N+](=O)[O-])c1. The summed E-state index contributed by atoms with van der Waals surface area (Å²) in [6, 6.07) is 4.34. The summed E-state index contributed by atoms with van der Waals surface area (Å²) < 4.78 is 23.7. The lowest BCUT2D eigenvalue weighted by atomic mass is 10.1. The monoisotopic (exact) mass is 316 g/mol. The first-order valence-electron chi connectivity index (χ1n) is 5.30. The Morgan fingerprint density at radius 3 is 2.45 bits per heavy atom. The van der Waals surface area contributed by atoms with Gasteiger partial charge in [-0.2, -0.15) is 0 Å². The van der Waals surface area contributed by atoms with E-state index in [0.717, 1.165) is 0 Å². The van der Waals surface area contributed by atoms with Crippen molar-refractivity contribution < 1.29 is 13.3 Å². The van der Waals surface area contributed by atoms with E-state index in [1.54, 1.807) is 13.0 Å². The maximum Gasteiger partial charge on any atom is 0.296 e. The van der Waals surface area contributed by atoms with E-state index in [9.17, 15) is 18.5 Å². The fraction of sp³-hybridized carbons (Fsp3) is 0.200. The second-order valence-corrected chi connectivity index (χ2v) is 6.58. The van der Waals surface area contributed by atoms with Gasteiger partial charge in [-0.1, -0.05) is 0 Å². The Labute approximate surface area is 118 Å². The number of nitrogens with zero attached hydrogens (tertiary/aromatic N) is 4. The summed E-state index contributed by atoms with van der Waals surface area (Å²) in [4.78, 5) is 10.3. The van der Waals surface area contributed by atoms with Crippen LogP contribution in [0.25, 0.3) is 11.4 Å². The van der Waals surface area contributed by atoms with Gasteiger partial charge in [0.25, 0.3) is 19.9 Å². The zero-order chi connectivity index (χ0) is 15.1. The van der Waals surface area contributed by atoms with E-state index in [0.29, 0.717) is 11.1 Å². The predicted octanol–water partition coefficient (Wildman–Crippen LogP) is 1.63. The number of non-ortho nitro benzene ring substituents is 1. The lowest BCUT2D eigenvalue weighted by Gasteiger charge is -2.03. The van der Waals surface area contributed by atoms with Gasteiger partial charge in [0.2, 0.25) is 0 Å². The number of rotatable bonds is 3. The molecule has 0 fully saturated rings. The highest BCUT2D eigenvalue weighted by molar-refractivity contribution is 8.13. The van der Waals surface area contributed by atoms with Crippen LogP contribution in [-0.4, -0.2) is 28.1 Å². The number of hydrogen-bond acceptors (Lipinski definition) is 6. The van der Waals surface area contributed by atoms with E-state index >= 15 is 0 Å². The summed E-state index contributed by atoms with van der Waals surface area (Å²) in [5, 5.41) is 17.6. The number of nitro groups is 1. The molecule has 0 bridgehead atoms. The Hall–Kier alpha value is -2.00. The second kappa shape index (κ2) is 4.84. The van der Waals surface area contributed by atoms with E-state index in [-0.39, 0.29) is 11.5 Å². The van der Waals surface area contributed by atoms with Gasteiger partial charge in [-0.05, 0) is 18.6 Å². The summed E-state index contributed by atoms with van der Waals surface area (Å²) in [7, 11) is 2.60. The molecule has 20 heavy (non-hydrogen) atoms. The Balaban J connectivity index is 2.64. The van der Waals surface area contributed by atoms with Gasteiger partial charge in [0.15, 0.2) is 5.82 Å². The highest BCUT2D eigenvalue weighted by atomic mass is 35.7. The zero-order valence-corrected chi connectivity index (χ0v) is 12.0. The van der Waals surface area contributed by atoms with Gasteiger partial charge in [-0.25, -0.2) is 8.42 Å². The van der Waals surface area contributed by atoms with Crippen LogP contribution in [0, 0.1) is 17.0 Å². The number of halogens is 1. The third-order valence-corrected chi connectivity index (χ3v) is 3.79. The molecule has 1 aromatic carbocycles. The van der Waals surface area contributed by atoms with Crippen LogP contribution < -0.4 is 0 Å². The van der Waals surface area contributed by atoms with Crippen molar-refractivity contribution >= 4 is 25.4 Å². The minimum Gasteiger partial charge on any atom is -0.300 e. The number of aryl methyl sites for hydroxylation is 1. The molecule has 1 heterocycles. The molecule has 0 N–H and O–H groups in total. The molecular formula is C10H9ClN4O4S. The molecule has 106 valence electrons. The fourth-order valence-corrected chi connectivity index (χ4v) is 2.73. The summed E-state index contributed by atoms with van der Waals surface area (Å²) >= 11 is 0. The molecule has 10 heteroatoms. The molecule has 8 nitrogen and oxygen atoms in total. The topological polar surface area (TPSA) is 108 Å². The quantitative estimate of drug-likeness (QED) is 0.483. The molecule has 0 spiro atoms.